The smallest absolute Gasteiger partial charge is 0.219 e. The Balaban J connectivity index is 2.36. The molecule has 1 heterocycles. The van der Waals surface area contributed by atoms with Crippen LogP contribution in [0.2, 0.25) is 0 Å². The number of aromatic nitrogens is 1. The molecule has 1 aromatic carbocycles. The molecule has 21 heavy (non-hydrogen) atoms. The quantitative estimate of drug-likeness (QED) is 0.878. The molecule has 0 aliphatic carbocycles. The largest absolute Gasteiger partial charge is 0.439 e. The maximum Gasteiger partial charge on any atom is 0.219 e. The van der Waals surface area contributed by atoms with Crippen molar-refractivity contribution in [3.63, 3.8) is 0 Å². The first-order chi connectivity index (χ1) is 9.79. The molecule has 0 atom stereocenters. The van der Waals surface area contributed by atoms with Crippen molar-refractivity contribution in [1.29, 1.82) is 0 Å². The first kappa shape index (κ1) is 15.9. The summed E-state index contributed by atoms with van der Waals surface area (Å²) in [4.78, 5) is 4.43. The number of benzene rings is 1. The highest BCUT2D eigenvalue weighted by atomic mass is 79.9. The van der Waals surface area contributed by atoms with Crippen LogP contribution in [0.5, 0.6) is 11.6 Å². The number of ether oxygens (including phenoxy) is 1. The summed E-state index contributed by atoms with van der Waals surface area (Å²) in [6.45, 7) is 5.98. The minimum absolute atomic E-state index is 0.101. The zero-order valence-electron chi connectivity index (χ0n) is 12.2. The van der Waals surface area contributed by atoms with E-state index in [0.717, 1.165) is 5.69 Å². The van der Waals surface area contributed by atoms with Crippen molar-refractivity contribution >= 4 is 15.9 Å². The first-order valence-corrected chi connectivity index (χ1v) is 7.34. The summed E-state index contributed by atoms with van der Waals surface area (Å²) in [6, 6.07) is 8.00. The van der Waals surface area contributed by atoms with Gasteiger partial charge in [-0.2, -0.15) is 0 Å². The third-order valence-corrected chi connectivity index (χ3v) is 3.57. The van der Waals surface area contributed by atoms with Gasteiger partial charge in [0.05, 0.1) is 16.8 Å². The van der Waals surface area contributed by atoms with Crippen molar-refractivity contribution in [2.75, 3.05) is 0 Å². The van der Waals surface area contributed by atoms with E-state index in [2.05, 4.69) is 20.9 Å². The average Bonchev–Trinajstić information content (AvgIpc) is 2.41. The summed E-state index contributed by atoms with van der Waals surface area (Å²) >= 11 is 3.10. The topological polar surface area (TPSA) is 42.4 Å². The van der Waals surface area contributed by atoms with E-state index >= 15 is 0 Å². The second kappa shape index (κ2) is 6.12. The van der Waals surface area contributed by atoms with Crippen LogP contribution < -0.4 is 4.74 Å². The van der Waals surface area contributed by atoms with Gasteiger partial charge >= 0.3 is 0 Å². The minimum atomic E-state index is -0.401. The Morgan fingerprint density at radius 1 is 1.24 bits per heavy atom. The molecule has 5 heteroatoms. The van der Waals surface area contributed by atoms with Crippen LogP contribution in [0.25, 0.3) is 0 Å². The number of nitrogens with zero attached hydrogens (tertiary/aromatic N) is 1. The van der Waals surface area contributed by atoms with Crippen LogP contribution in [0, 0.1) is 5.82 Å². The van der Waals surface area contributed by atoms with Gasteiger partial charge in [0.25, 0.3) is 0 Å². The van der Waals surface area contributed by atoms with E-state index in [1.807, 2.05) is 26.8 Å². The van der Waals surface area contributed by atoms with Crippen molar-refractivity contribution < 1.29 is 14.2 Å². The van der Waals surface area contributed by atoms with Crippen molar-refractivity contribution in [2.24, 2.45) is 0 Å². The highest BCUT2D eigenvalue weighted by Gasteiger charge is 2.18. The summed E-state index contributed by atoms with van der Waals surface area (Å²) in [7, 11) is 0. The number of aliphatic hydroxyl groups is 1. The Bertz CT molecular complexity index is 653. The molecule has 0 spiro atoms. The number of pyridine rings is 1. The van der Waals surface area contributed by atoms with E-state index in [-0.39, 0.29) is 12.0 Å². The van der Waals surface area contributed by atoms with Crippen LogP contribution in [-0.2, 0) is 12.0 Å². The number of hydrogen-bond donors (Lipinski definition) is 1. The number of rotatable bonds is 3. The van der Waals surface area contributed by atoms with E-state index in [1.165, 1.54) is 6.07 Å². The molecular weight excluding hydrogens is 337 g/mol. The second-order valence-corrected chi connectivity index (χ2v) is 6.64. The molecule has 0 bridgehead atoms. The molecule has 0 saturated heterocycles. The predicted octanol–water partition coefficient (Wildman–Crippen LogP) is 4.57. The zero-order chi connectivity index (χ0) is 15.6. The molecule has 1 aromatic heterocycles. The summed E-state index contributed by atoms with van der Waals surface area (Å²) in [5.74, 6) is 0.299. The second-order valence-electron chi connectivity index (χ2n) is 5.78. The van der Waals surface area contributed by atoms with Gasteiger partial charge in [0.2, 0.25) is 5.88 Å². The molecule has 0 aliphatic heterocycles. The molecule has 0 aliphatic rings. The van der Waals surface area contributed by atoms with Gasteiger partial charge in [-0.1, -0.05) is 20.8 Å². The predicted molar refractivity (Wildman–Crippen MR) is 83.0 cm³/mol. The lowest BCUT2D eigenvalue weighted by Crippen LogP contribution is -2.14. The molecule has 3 nitrogen and oxygen atoms in total. The van der Waals surface area contributed by atoms with Crippen LogP contribution >= 0.6 is 15.9 Å². The average molecular weight is 354 g/mol. The Morgan fingerprint density at radius 3 is 2.52 bits per heavy atom. The van der Waals surface area contributed by atoms with Crippen molar-refractivity contribution in [3.8, 4) is 11.6 Å². The lowest BCUT2D eigenvalue weighted by molar-refractivity contribution is 0.280. The maximum atomic E-state index is 13.5. The van der Waals surface area contributed by atoms with Gasteiger partial charge in [-0.25, -0.2) is 9.37 Å². The number of hydrogen-bond acceptors (Lipinski definition) is 3. The van der Waals surface area contributed by atoms with Crippen LogP contribution in [0.1, 0.15) is 32.0 Å². The molecule has 112 valence electrons. The number of aliphatic hydroxyl groups excluding tert-OH is 1. The standard InChI is InChI=1S/C16H17BrFNO2/c1-16(2,3)14-6-10(9-20)7-15(19-14)21-11-4-5-12(17)13(18)8-11/h4-8,20H,9H2,1-3H3. The summed E-state index contributed by atoms with van der Waals surface area (Å²) < 4.78 is 19.5. The van der Waals surface area contributed by atoms with Crippen LogP contribution in [0.15, 0.2) is 34.8 Å². The lowest BCUT2D eigenvalue weighted by Gasteiger charge is -2.19. The maximum absolute atomic E-state index is 13.5. The monoisotopic (exact) mass is 353 g/mol. The molecule has 2 aromatic rings. The normalized spacial score (nSPS) is 11.5. The highest BCUT2D eigenvalue weighted by Crippen LogP contribution is 2.28. The molecule has 0 unspecified atom stereocenters. The van der Waals surface area contributed by atoms with Crippen molar-refractivity contribution in [2.45, 2.75) is 32.8 Å². The van der Waals surface area contributed by atoms with Gasteiger partial charge in [0.1, 0.15) is 11.6 Å². The van der Waals surface area contributed by atoms with E-state index in [0.29, 0.717) is 21.7 Å². The fraction of sp³-hybridized carbons (Fsp3) is 0.312. The Morgan fingerprint density at radius 2 is 1.95 bits per heavy atom. The van der Waals surface area contributed by atoms with Crippen LogP contribution in [0.4, 0.5) is 4.39 Å². The van der Waals surface area contributed by atoms with Crippen molar-refractivity contribution in [1.82, 2.24) is 4.98 Å². The van der Waals surface area contributed by atoms with E-state index in [4.69, 9.17) is 4.74 Å². The zero-order valence-corrected chi connectivity index (χ0v) is 13.7. The highest BCUT2D eigenvalue weighted by molar-refractivity contribution is 9.10. The molecule has 0 saturated carbocycles. The van der Waals surface area contributed by atoms with Crippen molar-refractivity contribution in [3.05, 3.63) is 51.9 Å². The third kappa shape index (κ3) is 4.02. The molecule has 0 amide bonds. The Kier molecular flexibility index (Phi) is 4.64. The van der Waals surface area contributed by atoms with Gasteiger partial charge in [-0.05, 0) is 39.7 Å². The van der Waals surface area contributed by atoms with E-state index in [9.17, 15) is 9.50 Å². The number of halogens is 2. The van der Waals surface area contributed by atoms with Gasteiger partial charge < -0.3 is 9.84 Å². The van der Waals surface area contributed by atoms with Gasteiger partial charge in [-0.15, -0.1) is 0 Å². The fourth-order valence-corrected chi connectivity index (χ4v) is 1.99. The minimum Gasteiger partial charge on any atom is -0.439 e. The van der Waals surface area contributed by atoms with E-state index in [1.54, 1.807) is 18.2 Å². The van der Waals surface area contributed by atoms with Crippen LogP contribution in [-0.4, -0.2) is 10.1 Å². The fourth-order valence-electron chi connectivity index (χ4n) is 1.75. The lowest BCUT2D eigenvalue weighted by atomic mass is 9.91. The van der Waals surface area contributed by atoms with Gasteiger partial charge in [0.15, 0.2) is 0 Å². The molecule has 0 radical (unpaired) electrons. The van der Waals surface area contributed by atoms with Gasteiger partial charge in [-0.3, -0.25) is 0 Å². The summed E-state index contributed by atoms with van der Waals surface area (Å²) in [5.41, 5.74) is 1.35. The molecular formula is C16H17BrFNO2. The Labute approximate surface area is 131 Å². The molecule has 2 rings (SSSR count). The summed E-state index contributed by atoms with van der Waals surface area (Å²) in [5, 5.41) is 9.35. The molecule has 0 fully saturated rings. The van der Waals surface area contributed by atoms with Gasteiger partial charge in [0, 0.05) is 17.5 Å². The van der Waals surface area contributed by atoms with E-state index < -0.39 is 5.82 Å². The summed E-state index contributed by atoms with van der Waals surface area (Å²) in [6.07, 6.45) is 0. The third-order valence-electron chi connectivity index (χ3n) is 2.93. The first-order valence-electron chi connectivity index (χ1n) is 6.55. The SMILES string of the molecule is CC(C)(C)c1cc(CO)cc(Oc2ccc(Br)c(F)c2)n1. The molecule has 1 N–H and O–H groups in total. The Hall–Kier alpha value is -1.46. The van der Waals surface area contributed by atoms with Crippen LogP contribution in [0.3, 0.4) is 0 Å².